The number of benzene rings is 1. The zero-order valence-electron chi connectivity index (χ0n) is 23.3. The smallest absolute Gasteiger partial charge is 0.410 e. The molecule has 2 fully saturated rings. The first-order chi connectivity index (χ1) is 16.7. The highest BCUT2D eigenvalue weighted by atomic mass is 16.6. The molecule has 0 N–H and O–H groups in total. The summed E-state index contributed by atoms with van der Waals surface area (Å²) in [5.41, 5.74) is 2.00. The van der Waals surface area contributed by atoms with Crippen molar-refractivity contribution in [1.29, 1.82) is 0 Å². The third kappa shape index (κ3) is 11.1. The van der Waals surface area contributed by atoms with E-state index in [0.717, 1.165) is 56.8 Å². The summed E-state index contributed by atoms with van der Waals surface area (Å²) in [5.74, 6) is 1.33. The Morgan fingerprint density at radius 2 is 1.66 bits per heavy atom. The molecular weight excluding hydrogens is 436 g/mol. The van der Waals surface area contributed by atoms with E-state index in [-0.39, 0.29) is 6.09 Å². The third-order valence-electron chi connectivity index (χ3n) is 6.31. The highest BCUT2D eigenvalue weighted by Gasteiger charge is 2.37. The zero-order valence-corrected chi connectivity index (χ0v) is 23.3. The normalized spacial score (nSPS) is 16.7. The van der Waals surface area contributed by atoms with Crippen molar-refractivity contribution in [2.24, 2.45) is 5.92 Å². The van der Waals surface area contributed by atoms with Crippen molar-refractivity contribution in [2.45, 2.75) is 98.1 Å². The Labute approximate surface area is 214 Å². The van der Waals surface area contributed by atoms with E-state index in [0.29, 0.717) is 18.6 Å². The predicted octanol–water partition coefficient (Wildman–Crippen LogP) is 7.15. The molecule has 198 valence electrons. The fraction of sp³-hybridized carbons (Fsp3) is 0.700. The molecule has 5 heteroatoms. The molecule has 3 rings (SSSR count). The van der Waals surface area contributed by atoms with Crippen LogP contribution in [-0.2, 0) is 15.9 Å². The maximum absolute atomic E-state index is 12.6. The molecule has 1 heterocycles. The number of amides is 1. The summed E-state index contributed by atoms with van der Waals surface area (Å²) in [5, 5.41) is 0. The van der Waals surface area contributed by atoms with E-state index in [2.05, 4.69) is 49.6 Å². The Morgan fingerprint density at radius 3 is 2.17 bits per heavy atom. The summed E-state index contributed by atoms with van der Waals surface area (Å²) < 4.78 is 11.1. The quantitative estimate of drug-likeness (QED) is 0.329. The molecule has 0 radical (unpaired) electrons. The summed E-state index contributed by atoms with van der Waals surface area (Å²) in [7, 11) is 0. The van der Waals surface area contributed by atoms with Gasteiger partial charge in [-0.1, -0.05) is 51.1 Å². The lowest BCUT2D eigenvalue weighted by molar-refractivity contribution is 0.0176. The van der Waals surface area contributed by atoms with Crippen LogP contribution in [0.25, 0.3) is 5.76 Å². The SMILES string of the molecule is C=C(OCC)c1ccc(CCCN2CCC(CN(C(=O)OC(C)(C)C)C3CC3)CC2)cc1.CCC. The van der Waals surface area contributed by atoms with Gasteiger partial charge in [0.05, 0.1) is 6.61 Å². The van der Waals surface area contributed by atoms with Crippen LogP contribution in [0.4, 0.5) is 4.79 Å². The van der Waals surface area contributed by atoms with Gasteiger partial charge in [0, 0.05) is 18.2 Å². The fourth-order valence-corrected chi connectivity index (χ4v) is 4.37. The topological polar surface area (TPSA) is 42.0 Å². The number of carbonyl (C=O) groups is 1. The first-order valence-corrected chi connectivity index (χ1v) is 13.8. The summed E-state index contributed by atoms with van der Waals surface area (Å²) in [6.07, 6.45) is 7.97. The number of hydrogen-bond acceptors (Lipinski definition) is 4. The molecule has 1 saturated carbocycles. The number of likely N-dealkylation sites (tertiary alicyclic amines) is 1. The molecule has 1 aliphatic heterocycles. The molecule has 0 atom stereocenters. The van der Waals surface area contributed by atoms with Crippen molar-refractivity contribution in [3.8, 4) is 0 Å². The van der Waals surface area contributed by atoms with Crippen molar-refractivity contribution in [2.75, 3.05) is 32.8 Å². The Hall–Kier alpha value is -2.01. The van der Waals surface area contributed by atoms with Crippen LogP contribution in [-0.4, -0.2) is 60.3 Å². The van der Waals surface area contributed by atoms with Crippen LogP contribution in [0.5, 0.6) is 0 Å². The number of aryl methyl sites for hydroxylation is 1. The molecule has 2 aliphatic rings. The maximum atomic E-state index is 12.6. The molecule has 0 aromatic heterocycles. The molecule has 0 spiro atoms. The number of carbonyl (C=O) groups excluding carboxylic acids is 1. The van der Waals surface area contributed by atoms with E-state index >= 15 is 0 Å². The first-order valence-electron chi connectivity index (χ1n) is 13.8. The van der Waals surface area contributed by atoms with E-state index in [9.17, 15) is 4.79 Å². The van der Waals surface area contributed by atoms with Gasteiger partial charge in [0.2, 0.25) is 0 Å². The standard InChI is InChI=1S/C27H42N2O3.C3H8/c1-6-31-21(2)24-11-9-22(10-12-24)8-7-17-28-18-15-23(16-19-28)20-29(25-13-14-25)26(30)32-27(3,4)5;1-3-2/h9-12,23,25H,2,6-8,13-20H2,1,3-5H3;3H2,1-2H3. The molecule has 1 saturated heterocycles. The highest BCUT2D eigenvalue weighted by Crippen LogP contribution is 2.31. The Bertz CT molecular complexity index is 757. The van der Waals surface area contributed by atoms with Crippen molar-refractivity contribution in [3.05, 3.63) is 42.0 Å². The monoisotopic (exact) mass is 486 g/mol. The van der Waals surface area contributed by atoms with Gasteiger partial charge in [-0.15, -0.1) is 0 Å². The lowest BCUT2D eigenvalue weighted by Crippen LogP contribution is -2.44. The third-order valence-corrected chi connectivity index (χ3v) is 6.31. The van der Waals surface area contributed by atoms with E-state index in [1.807, 2.05) is 32.6 Å². The largest absolute Gasteiger partial charge is 0.494 e. The van der Waals surface area contributed by atoms with Crippen LogP contribution >= 0.6 is 0 Å². The van der Waals surface area contributed by atoms with E-state index < -0.39 is 5.60 Å². The van der Waals surface area contributed by atoms with Gasteiger partial charge in [-0.05, 0) is 97.3 Å². The van der Waals surface area contributed by atoms with Gasteiger partial charge in [0.15, 0.2) is 0 Å². The molecule has 1 aromatic carbocycles. The van der Waals surface area contributed by atoms with Crippen LogP contribution in [0, 0.1) is 5.92 Å². The van der Waals surface area contributed by atoms with Crippen molar-refractivity contribution < 1.29 is 14.3 Å². The minimum atomic E-state index is -0.425. The van der Waals surface area contributed by atoms with Gasteiger partial charge in [-0.3, -0.25) is 0 Å². The second-order valence-electron chi connectivity index (χ2n) is 11.0. The van der Waals surface area contributed by atoms with Gasteiger partial charge >= 0.3 is 6.09 Å². The van der Waals surface area contributed by atoms with E-state index in [1.54, 1.807) is 0 Å². The van der Waals surface area contributed by atoms with Crippen LogP contribution in [0.15, 0.2) is 30.8 Å². The minimum absolute atomic E-state index is 0.127. The van der Waals surface area contributed by atoms with Gasteiger partial charge in [-0.2, -0.15) is 0 Å². The van der Waals surface area contributed by atoms with Crippen molar-refractivity contribution in [1.82, 2.24) is 9.80 Å². The van der Waals surface area contributed by atoms with E-state index in [1.165, 1.54) is 31.2 Å². The van der Waals surface area contributed by atoms with Crippen LogP contribution in [0.1, 0.15) is 91.2 Å². The van der Waals surface area contributed by atoms with Crippen LogP contribution in [0.3, 0.4) is 0 Å². The minimum Gasteiger partial charge on any atom is -0.494 e. The second-order valence-corrected chi connectivity index (χ2v) is 11.0. The average Bonchev–Trinajstić information content (AvgIpc) is 3.64. The average molecular weight is 487 g/mol. The molecule has 0 unspecified atom stereocenters. The zero-order chi connectivity index (χ0) is 25.8. The summed E-state index contributed by atoms with van der Waals surface area (Å²) in [6.45, 7) is 20.9. The Balaban J connectivity index is 0.00000137. The lowest BCUT2D eigenvalue weighted by Gasteiger charge is -2.35. The Kier molecular flexibility index (Phi) is 12.1. The molecule has 5 nitrogen and oxygen atoms in total. The van der Waals surface area contributed by atoms with Crippen LogP contribution in [0.2, 0.25) is 0 Å². The predicted molar refractivity (Wildman–Crippen MR) is 147 cm³/mol. The lowest BCUT2D eigenvalue weighted by atomic mass is 9.96. The van der Waals surface area contributed by atoms with Gasteiger partial charge in [-0.25, -0.2) is 4.79 Å². The molecular formula is C30H50N2O3. The number of ether oxygens (including phenoxy) is 2. The maximum Gasteiger partial charge on any atom is 0.410 e. The molecule has 1 aliphatic carbocycles. The summed E-state index contributed by atoms with van der Waals surface area (Å²) in [6, 6.07) is 8.99. The molecule has 0 bridgehead atoms. The molecule has 35 heavy (non-hydrogen) atoms. The molecule has 1 amide bonds. The number of rotatable bonds is 10. The number of hydrogen-bond donors (Lipinski definition) is 0. The van der Waals surface area contributed by atoms with Crippen LogP contribution < -0.4 is 0 Å². The van der Waals surface area contributed by atoms with E-state index in [4.69, 9.17) is 9.47 Å². The first kappa shape index (κ1) is 29.2. The van der Waals surface area contributed by atoms with Crippen molar-refractivity contribution >= 4 is 11.9 Å². The fourth-order valence-electron chi connectivity index (χ4n) is 4.37. The van der Waals surface area contributed by atoms with Crippen molar-refractivity contribution in [3.63, 3.8) is 0 Å². The summed E-state index contributed by atoms with van der Waals surface area (Å²) in [4.78, 5) is 17.2. The number of nitrogens with zero attached hydrogens (tertiary/aromatic N) is 2. The second kappa shape index (κ2) is 14.5. The van der Waals surface area contributed by atoms with Gasteiger partial charge in [0.1, 0.15) is 11.4 Å². The highest BCUT2D eigenvalue weighted by molar-refractivity contribution is 5.69. The van der Waals surface area contributed by atoms with Gasteiger partial charge < -0.3 is 19.3 Å². The Morgan fingerprint density at radius 1 is 1.06 bits per heavy atom. The summed E-state index contributed by atoms with van der Waals surface area (Å²) >= 11 is 0. The number of piperidine rings is 1. The molecule has 1 aromatic rings. The van der Waals surface area contributed by atoms with Gasteiger partial charge in [0.25, 0.3) is 0 Å².